The Hall–Kier alpha value is -0.870. The molecule has 1 atom stereocenters. The summed E-state index contributed by atoms with van der Waals surface area (Å²) in [6, 6.07) is 1.86. The van der Waals surface area contributed by atoms with Crippen LogP contribution >= 0.6 is 11.3 Å². The smallest absolute Gasteiger partial charge is 0.214 e. The zero-order chi connectivity index (χ0) is 13.2. The van der Waals surface area contributed by atoms with Crippen molar-refractivity contribution in [2.24, 2.45) is 5.92 Å². The highest BCUT2D eigenvalue weighted by atomic mass is 32.2. The third kappa shape index (κ3) is 2.93. The summed E-state index contributed by atoms with van der Waals surface area (Å²) in [6.07, 6.45) is 0. The minimum Gasteiger partial charge on any atom is -0.384 e. The fourth-order valence-electron chi connectivity index (χ4n) is 2.01. The Morgan fingerprint density at radius 1 is 1.61 bits per heavy atom. The first kappa shape index (κ1) is 13.6. The summed E-state index contributed by atoms with van der Waals surface area (Å²) in [5.74, 6) is 5.85. The van der Waals surface area contributed by atoms with Crippen molar-refractivity contribution >= 4 is 21.4 Å². The highest BCUT2D eigenvalue weighted by molar-refractivity contribution is 7.89. The summed E-state index contributed by atoms with van der Waals surface area (Å²) >= 11 is 1.50. The van der Waals surface area contributed by atoms with Crippen LogP contribution in [0.5, 0.6) is 0 Å². The van der Waals surface area contributed by atoms with Gasteiger partial charge >= 0.3 is 0 Å². The minimum atomic E-state index is -3.11. The average Bonchev–Trinajstić information content (AvgIpc) is 2.81. The van der Waals surface area contributed by atoms with Crippen LogP contribution in [0.3, 0.4) is 0 Å². The van der Waals surface area contributed by atoms with E-state index in [1.165, 1.54) is 15.6 Å². The van der Waals surface area contributed by atoms with E-state index in [-0.39, 0.29) is 18.3 Å². The maximum atomic E-state index is 11.9. The van der Waals surface area contributed by atoms with Crippen LogP contribution in [-0.2, 0) is 16.6 Å². The van der Waals surface area contributed by atoms with Gasteiger partial charge in [0.15, 0.2) is 0 Å². The van der Waals surface area contributed by atoms with Gasteiger partial charge in [0.05, 0.1) is 5.75 Å². The monoisotopic (exact) mass is 285 g/mol. The van der Waals surface area contributed by atoms with Gasteiger partial charge in [0.2, 0.25) is 10.0 Å². The lowest BCUT2D eigenvalue weighted by Gasteiger charge is -2.13. The van der Waals surface area contributed by atoms with Crippen molar-refractivity contribution in [2.45, 2.75) is 13.5 Å². The molecule has 6 heteroatoms. The third-order valence-corrected chi connectivity index (χ3v) is 5.73. The van der Waals surface area contributed by atoms with Crippen molar-refractivity contribution in [3.8, 4) is 11.8 Å². The summed E-state index contributed by atoms with van der Waals surface area (Å²) in [6.45, 7) is 2.72. The van der Waals surface area contributed by atoms with Gasteiger partial charge in [-0.05, 0) is 17.4 Å². The van der Waals surface area contributed by atoms with Crippen LogP contribution in [0, 0.1) is 17.8 Å². The number of hydrogen-bond donors (Lipinski definition) is 1. The summed E-state index contributed by atoms with van der Waals surface area (Å²) in [4.78, 5) is 0.939. The van der Waals surface area contributed by atoms with Crippen molar-refractivity contribution in [2.75, 3.05) is 18.9 Å². The number of aliphatic hydroxyl groups excluding tert-OH is 1. The van der Waals surface area contributed by atoms with E-state index in [1.807, 2.05) is 18.4 Å². The third-order valence-electron chi connectivity index (χ3n) is 2.77. The van der Waals surface area contributed by atoms with E-state index in [9.17, 15) is 8.42 Å². The molecule has 1 N–H and O–H groups in total. The molecule has 4 nitrogen and oxygen atoms in total. The molecule has 2 rings (SSSR count). The summed E-state index contributed by atoms with van der Waals surface area (Å²) in [7, 11) is -3.11. The van der Waals surface area contributed by atoms with E-state index in [4.69, 9.17) is 5.11 Å². The molecule has 1 aromatic rings. The van der Waals surface area contributed by atoms with Gasteiger partial charge in [-0.1, -0.05) is 18.8 Å². The van der Waals surface area contributed by atoms with Gasteiger partial charge in [-0.2, -0.15) is 4.31 Å². The van der Waals surface area contributed by atoms with E-state index in [2.05, 4.69) is 11.8 Å². The normalized spacial score (nSPS) is 22.7. The van der Waals surface area contributed by atoms with E-state index >= 15 is 0 Å². The molecular formula is C12H15NO3S2. The van der Waals surface area contributed by atoms with Crippen molar-refractivity contribution in [1.29, 1.82) is 0 Å². The Labute approximate surface area is 111 Å². The van der Waals surface area contributed by atoms with Crippen LogP contribution in [0.1, 0.15) is 17.4 Å². The molecule has 1 aromatic heterocycles. The molecule has 0 spiro atoms. The van der Waals surface area contributed by atoms with Crippen LogP contribution < -0.4 is 0 Å². The molecule has 0 amide bonds. The Balaban J connectivity index is 2.18. The first-order valence-corrected chi connectivity index (χ1v) is 8.15. The first-order chi connectivity index (χ1) is 8.53. The number of thiophene rings is 1. The molecule has 0 radical (unpaired) electrons. The second kappa shape index (κ2) is 5.41. The van der Waals surface area contributed by atoms with Gasteiger partial charge in [-0.15, -0.1) is 11.3 Å². The standard InChI is InChI=1S/C12H15NO3S2/c1-10-7-13(18(15,16)9-10)8-12-11(3-2-5-14)4-6-17-12/h4,6,10,14H,5,7-9H2,1H3. The van der Waals surface area contributed by atoms with Crippen LogP contribution in [0.15, 0.2) is 11.4 Å². The van der Waals surface area contributed by atoms with Gasteiger partial charge in [0, 0.05) is 23.5 Å². The van der Waals surface area contributed by atoms with Gasteiger partial charge in [-0.3, -0.25) is 0 Å². The highest BCUT2D eigenvalue weighted by Crippen LogP contribution is 2.25. The second-order valence-electron chi connectivity index (χ2n) is 4.39. The Bertz CT molecular complexity index is 580. The van der Waals surface area contributed by atoms with Crippen molar-refractivity contribution in [1.82, 2.24) is 4.31 Å². The molecule has 0 aliphatic carbocycles. The van der Waals surface area contributed by atoms with Gasteiger partial charge < -0.3 is 5.11 Å². The van der Waals surface area contributed by atoms with Crippen molar-refractivity contribution < 1.29 is 13.5 Å². The van der Waals surface area contributed by atoms with E-state index in [1.54, 1.807) is 0 Å². The maximum absolute atomic E-state index is 11.9. The molecule has 2 heterocycles. The fourth-order valence-corrected chi connectivity index (χ4v) is 4.78. The predicted molar refractivity (Wildman–Crippen MR) is 71.6 cm³/mol. The van der Waals surface area contributed by atoms with Crippen LogP contribution in [0.4, 0.5) is 0 Å². The summed E-state index contributed by atoms with van der Waals surface area (Å²) in [5, 5.41) is 10.6. The fraction of sp³-hybridized carbons (Fsp3) is 0.500. The van der Waals surface area contributed by atoms with Gasteiger partial charge in [-0.25, -0.2) is 8.42 Å². The van der Waals surface area contributed by atoms with Gasteiger partial charge in [0.1, 0.15) is 6.61 Å². The zero-order valence-electron chi connectivity index (χ0n) is 10.1. The van der Waals surface area contributed by atoms with E-state index in [0.717, 1.165) is 10.4 Å². The molecule has 0 bridgehead atoms. The van der Waals surface area contributed by atoms with E-state index < -0.39 is 10.0 Å². The largest absolute Gasteiger partial charge is 0.384 e. The maximum Gasteiger partial charge on any atom is 0.214 e. The average molecular weight is 285 g/mol. The van der Waals surface area contributed by atoms with Crippen LogP contribution in [-0.4, -0.2) is 36.7 Å². The minimum absolute atomic E-state index is 0.182. The predicted octanol–water partition coefficient (Wildman–Crippen LogP) is 0.873. The SMILES string of the molecule is CC1CN(Cc2sccc2C#CCO)S(=O)(=O)C1. The highest BCUT2D eigenvalue weighted by Gasteiger charge is 2.33. The first-order valence-electron chi connectivity index (χ1n) is 5.67. The van der Waals surface area contributed by atoms with Gasteiger partial charge in [0.25, 0.3) is 0 Å². The lowest BCUT2D eigenvalue weighted by atomic mass is 10.2. The zero-order valence-corrected chi connectivity index (χ0v) is 11.7. The molecule has 1 unspecified atom stereocenters. The molecule has 98 valence electrons. The Kier molecular flexibility index (Phi) is 4.07. The number of nitrogens with zero attached hydrogens (tertiary/aromatic N) is 1. The molecule has 1 fully saturated rings. The molecule has 1 saturated heterocycles. The molecule has 0 saturated carbocycles. The van der Waals surface area contributed by atoms with E-state index in [0.29, 0.717) is 13.1 Å². The number of hydrogen-bond acceptors (Lipinski definition) is 4. The van der Waals surface area contributed by atoms with Crippen molar-refractivity contribution in [3.63, 3.8) is 0 Å². The summed E-state index contributed by atoms with van der Waals surface area (Å²) < 4.78 is 25.3. The molecular weight excluding hydrogens is 270 g/mol. The number of aliphatic hydroxyl groups is 1. The molecule has 1 aliphatic rings. The van der Waals surface area contributed by atoms with Crippen LogP contribution in [0.2, 0.25) is 0 Å². The lowest BCUT2D eigenvalue weighted by molar-refractivity contribution is 0.350. The lowest BCUT2D eigenvalue weighted by Crippen LogP contribution is -2.25. The molecule has 1 aliphatic heterocycles. The second-order valence-corrected chi connectivity index (χ2v) is 7.41. The topological polar surface area (TPSA) is 57.6 Å². The Morgan fingerprint density at radius 3 is 3.00 bits per heavy atom. The quantitative estimate of drug-likeness (QED) is 0.821. The molecule has 0 aromatic carbocycles. The van der Waals surface area contributed by atoms with Crippen molar-refractivity contribution in [3.05, 3.63) is 21.9 Å². The van der Waals surface area contributed by atoms with Crippen LogP contribution in [0.25, 0.3) is 0 Å². The number of sulfonamides is 1. The Morgan fingerprint density at radius 2 is 2.39 bits per heavy atom. The molecule has 18 heavy (non-hydrogen) atoms. The number of rotatable bonds is 2. The summed E-state index contributed by atoms with van der Waals surface area (Å²) in [5.41, 5.74) is 0.809.